The topological polar surface area (TPSA) is 45.7 Å². The van der Waals surface area contributed by atoms with Crippen molar-refractivity contribution in [3.05, 3.63) is 78.0 Å². The van der Waals surface area contributed by atoms with E-state index < -0.39 is 0 Å². The molecular weight excluding hydrogens is 418 g/mol. The molecule has 1 aromatic heterocycles. The Morgan fingerprint density at radius 1 is 1.00 bits per heavy atom. The summed E-state index contributed by atoms with van der Waals surface area (Å²) < 4.78 is 5.07. The lowest BCUT2D eigenvalue weighted by Crippen LogP contribution is -2.46. The number of carbonyl (C=O) groups excluding carboxylic acids is 1. The fraction of sp³-hybridized carbons (Fsp3) is 0.308. The number of pyridine rings is 1. The van der Waals surface area contributed by atoms with E-state index in [2.05, 4.69) is 51.4 Å². The van der Waals surface area contributed by atoms with Crippen LogP contribution >= 0.6 is 11.8 Å². The van der Waals surface area contributed by atoms with Crippen molar-refractivity contribution in [3.63, 3.8) is 0 Å². The van der Waals surface area contributed by atoms with E-state index in [0.717, 1.165) is 44.1 Å². The van der Waals surface area contributed by atoms with Gasteiger partial charge in [-0.05, 0) is 61.2 Å². The number of anilines is 1. The molecule has 0 unspecified atom stereocenters. The van der Waals surface area contributed by atoms with Crippen LogP contribution < -0.4 is 4.90 Å². The van der Waals surface area contributed by atoms with Gasteiger partial charge in [0.25, 0.3) is 0 Å². The van der Waals surface area contributed by atoms with Crippen LogP contribution in [0.5, 0.6) is 0 Å². The first-order chi connectivity index (χ1) is 15.7. The number of benzene rings is 2. The number of esters is 1. The summed E-state index contributed by atoms with van der Waals surface area (Å²) in [5.41, 5.74) is 5.24. The van der Waals surface area contributed by atoms with Crippen LogP contribution in [0.4, 0.5) is 5.69 Å². The number of ether oxygens (including phenoxy) is 1. The summed E-state index contributed by atoms with van der Waals surface area (Å²) in [6.45, 7) is 6.99. The Kier molecular flexibility index (Phi) is 7.45. The molecule has 0 amide bonds. The molecule has 1 saturated heterocycles. The average molecular weight is 448 g/mol. The molecule has 3 aromatic rings. The van der Waals surface area contributed by atoms with Crippen LogP contribution in [0.25, 0.3) is 11.3 Å². The van der Waals surface area contributed by atoms with Crippen molar-refractivity contribution in [2.45, 2.75) is 18.4 Å². The molecule has 0 radical (unpaired) electrons. The highest BCUT2D eigenvalue weighted by Gasteiger charge is 2.19. The molecule has 0 atom stereocenters. The zero-order valence-corrected chi connectivity index (χ0v) is 19.5. The normalized spacial score (nSPS) is 14.4. The maximum Gasteiger partial charge on any atom is 0.338 e. The third kappa shape index (κ3) is 5.31. The summed E-state index contributed by atoms with van der Waals surface area (Å²) >= 11 is 1.75. The predicted molar refractivity (Wildman–Crippen MR) is 131 cm³/mol. The molecule has 166 valence electrons. The van der Waals surface area contributed by atoms with E-state index >= 15 is 0 Å². The Morgan fingerprint density at radius 3 is 2.38 bits per heavy atom. The van der Waals surface area contributed by atoms with Crippen molar-refractivity contribution in [1.29, 1.82) is 0 Å². The van der Waals surface area contributed by atoms with E-state index in [1.54, 1.807) is 11.8 Å². The van der Waals surface area contributed by atoms with Crippen LogP contribution in [-0.4, -0.2) is 54.9 Å². The van der Waals surface area contributed by atoms with Crippen LogP contribution in [0.2, 0.25) is 0 Å². The molecule has 1 fully saturated rings. The molecule has 32 heavy (non-hydrogen) atoms. The molecule has 5 nitrogen and oxygen atoms in total. The van der Waals surface area contributed by atoms with E-state index in [0.29, 0.717) is 12.2 Å². The maximum absolute atomic E-state index is 11.9. The molecule has 2 heterocycles. The number of thioether (sulfide) groups is 1. The zero-order valence-electron chi connectivity index (χ0n) is 18.7. The van der Waals surface area contributed by atoms with E-state index in [4.69, 9.17) is 4.74 Å². The number of hydrogen-bond acceptors (Lipinski definition) is 6. The third-order valence-electron chi connectivity index (χ3n) is 5.76. The predicted octanol–water partition coefficient (Wildman–Crippen LogP) is 4.97. The van der Waals surface area contributed by atoms with Crippen LogP contribution in [0.3, 0.4) is 0 Å². The second-order valence-corrected chi connectivity index (χ2v) is 8.65. The van der Waals surface area contributed by atoms with E-state index in [1.165, 1.54) is 16.0 Å². The Bertz CT molecular complexity index is 1030. The number of carbonyl (C=O) groups is 1. The number of rotatable bonds is 7. The van der Waals surface area contributed by atoms with Crippen molar-refractivity contribution in [2.75, 3.05) is 43.9 Å². The van der Waals surface area contributed by atoms with Crippen molar-refractivity contribution >= 4 is 23.4 Å². The van der Waals surface area contributed by atoms with Gasteiger partial charge < -0.3 is 9.64 Å². The minimum absolute atomic E-state index is 0.265. The largest absolute Gasteiger partial charge is 0.462 e. The number of nitrogens with zero attached hydrogens (tertiary/aromatic N) is 3. The van der Waals surface area contributed by atoms with Gasteiger partial charge in [-0.3, -0.25) is 9.88 Å². The van der Waals surface area contributed by atoms with Gasteiger partial charge >= 0.3 is 5.97 Å². The summed E-state index contributed by atoms with van der Waals surface area (Å²) in [4.78, 5) is 22.7. The van der Waals surface area contributed by atoms with Crippen molar-refractivity contribution in [2.24, 2.45) is 0 Å². The molecule has 4 rings (SSSR count). The van der Waals surface area contributed by atoms with Gasteiger partial charge in [0.1, 0.15) is 0 Å². The Labute approximate surface area is 194 Å². The quantitative estimate of drug-likeness (QED) is 0.376. The highest BCUT2D eigenvalue weighted by atomic mass is 32.2. The first-order valence-corrected chi connectivity index (χ1v) is 12.2. The average Bonchev–Trinajstić information content (AvgIpc) is 2.85. The van der Waals surface area contributed by atoms with Crippen molar-refractivity contribution in [1.82, 2.24) is 9.88 Å². The Hall–Kier alpha value is -2.83. The molecule has 0 bridgehead atoms. The summed E-state index contributed by atoms with van der Waals surface area (Å²) in [5.74, 6) is -0.265. The van der Waals surface area contributed by atoms with E-state index in [9.17, 15) is 4.79 Å². The molecule has 0 aliphatic carbocycles. The molecule has 0 saturated carbocycles. The van der Waals surface area contributed by atoms with Crippen molar-refractivity contribution in [3.8, 4) is 11.3 Å². The standard InChI is InChI=1S/C26H29N3O2S/c1-3-31-26(30)21-6-10-23(11-7-21)29-17-15-28(16-18-29)19-22-5-4-14-27-25(22)20-8-12-24(32-2)13-9-20/h4-14H,3,15-19H2,1-2H3. The smallest absolute Gasteiger partial charge is 0.338 e. The van der Waals surface area contributed by atoms with Gasteiger partial charge in [0.15, 0.2) is 0 Å². The lowest BCUT2D eigenvalue weighted by molar-refractivity contribution is 0.0526. The zero-order chi connectivity index (χ0) is 22.3. The maximum atomic E-state index is 11.9. The Morgan fingerprint density at radius 2 is 1.72 bits per heavy atom. The minimum Gasteiger partial charge on any atom is -0.462 e. The van der Waals surface area contributed by atoms with Gasteiger partial charge in [-0.1, -0.05) is 18.2 Å². The van der Waals surface area contributed by atoms with Gasteiger partial charge in [-0.25, -0.2) is 4.79 Å². The molecule has 1 aliphatic rings. The fourth-order valence-corrected chi connectivity index (χ4v) is 4.41. The summed E-state index contributed by atoms with van der Waals surface area (Å²) in [6, 6.07) is 20.6. The molecule has 0 N–H and O–H groups in total. The summed E-state index contributed by atoms with van der Waals surface area (Å²) in [6.07, 6.45) is 3.97. The van der Waals surface area contributed by atoms with Gasteiger partial charge in [-0.15, -0.1) is 11.8 Å². The summed E-state index contributed by atoms with van der Waals surface area (Å²) in [5, 5.41) is 0. The lowest BCUT2D eigenvalue weighted by Gasteiger charge is -2.36. The van der Waals surface area contributed by atoms with E-state index in [1.807, 2.05) is 43.5 Å². The second-order valence-electron chi connectivity index (χ2n) is 7.77. The third-order valence-corrected chi connectivity index (χ3v) is 6.51. The minimum atomic E-state index is -0.265. The number of hydrogen-bond donors (Lipinski definition) is 0. The molecular formula is C26H29N3O2S. The van der Waals surface area contributed by atoms with Gasteiger partial charge in [0, 0.05) is 55.1 Å². The monoisotopic (exact) mass is 447 g/mol. The van der Waals surface area contributed by atoms with E-state index in [-0.39, 0.29) is 5.97 Å². The SMILES string of the molecule is CCOC(=O)c1ccc(N2CCN(Cc3cccnc3-c3ccc(SC)cc3)CC2)cc1. The summed E-state index contributed by atoms with van der Waals surface area (Å²) in [7, 11) is 0. The van der Waals surface area contributed by atoms with Crippen LogP contribution in [-0.2, 0) is 11.3 Å². The molecule has 1 aliphatic heterocycles. The van der Waals surface area contributed by atoms with Crippen LogP contribution in [0.1, 0.15) is 22.8 Å². The first-order valence-electron chi connectivity index (χ1n) is 11.0. The first kappa shape index (κ1) is 22.4. The molecule has 6 heteroatoms. The second kappa shape index (κ2) is 10.7. The fourth-order valence-electron chi connectivity index (χ4n) is 4.00. The highest BCUT2D eigenvalue weighted by Crippen LogP contribution is 2.26. The number of aromatic nitrogens is 1. The molecule has 0 spiro atoms. The van der Waals surface area contributed by atoms with Gasteiger partial charge in [0.2, 0.25) is 0 Å². The van der Waals surface area contributed by atoms with Crippen LogP contribution in [0, 0.1) is 0 Å². The van der Waals surface area contributed by atoms with Gasteiger partial charge in [0.05, 0.1) is 17.9 Å². The van der Waals surface area contributed by atoms with Gasteiger partial charge in [-0.2, -0.15) is 0 Å². The molecule has 2 aromatic carbocycles. The van der Waals surface area contributed by atoms with Crippen molar-refractivity contribution < 1.29 is 9.53 Å². The lowest BCUT2D eigenvalue weighted by atomic mass is 10.1. The highest BCUT2D eigenvalue weighted by molar-refractivity contribution is 7.98. The number of piperazine rings is 1. The Balaban J connectivity index is 1.38. The van der Waals surface area contributed by atoms with Crippen LogP contribution in [0.15, 0.2) is 71.8 Å².